The van der Waals surface area contributed by atoms with Crippen molar-refractivity contribution in [2.24, 2.45) is 0 Å². The van der Waals surface area contributed by atoms with Gasteiger partial charge in [0.15, 0.2) is 11.6 Å². The number of hydrogen-bond donors (Lipinski definition) is 1. The lowest BCUT2D eigenvalue weighted by molar-refractivity contribution is -0.384. The molecule has 1 N–H and O–H groups in total. The Morgan fingerprint density at radius 1 is 1.45 bits per heavy atom. The number of benzene rings is 1. The maximum Gasteiger partial charge on any atom is 0.312 e. The molecule has 0 fully saturated rings. The van der Waals surface area contributed by atoms with Crippen molar-refractivity contribution in [1.82, 2.24) is 4.98 Å². The van der Waals surface area contributed by atoms with Crippen molar-refractivity contribution < 1.29 is 14.1 Å². The molecule has 0 saturated heterocycles. The lowest BCUT2D eigenvalue weighted by atomic mass is 10.2. The molecule has 20 heavy (non-hydrogen) atoms. The third-order valence-corrected chi connectivity index (χ3v) is 2.88. The quantitative estimate of drug-likeness (QED) is 0.678. The smallest absolute Gasteiger partial charge is 0.312 e. The lowest BCUT2D eigenvalue weighted by Crippen LogP contribution is -2.00. The topological polar surface area (TPSA) is 77.3 Å². The Hall–Kier alpha value is -2.22. The summed E-state index contributed by atoms with van der Waals surface area (Å²) in [6.07, 6.45) is 1.43. The van der Waals surface area contributed by atoms with Crippen molar-refractivity contribution in [3.63, 3.8) is 0 Å². The normalized spacial score (nSPS) is 10.2. The minimum Gasteiger partial charge on any atom is -0.494 e. The average molecular weight is 342 g/mol. The Morgan fingerprint density at radius 2 is 2.20 bits per heavy atom. The molecule has 0 unspecified atom stereocenters. The highest BCUT2D eigenvalue weighted by Gasteiger charge is 2.16. The van der Waals surface area contributed by atoms with Crippen molar-refractivity contribution >= 4 is 33.1 Å². The van der Waals surface area contributed by atoms with Crippen LogP contribution >= 0.6 is 15.9 Å². The van der Waals surface area contributed by atoms with Crippen LogP contribution in [-0.2, 0) is 0 Å². The van der Waals surface area contributed by atoms with E-state index in [2.05, 4.69) is 26.2 Å². The van der Waals surface area contributed by atoms with Crippen LogP contribution in [0.4, 0.5) is 21.6 Å². The highest BCUT2D eigenvalue weighted by molar-refractivity contribution is 9.10. The SMILES string of the molecule is COc1cc(Nc2ncc(Br)cc2[N+](=O)[O-])ccc1F. The number of nitrogens with one attached hydrogen (secondary N) is 1. The molecule has 1 aromatic heterocycles. The molecule has 8 heteroatoms. The number of ether oxygens (including phenoxy) is 1. The maximum absolute atomic E-state index is 13.3. The zero-order valence-electron chi connectivity index (χ0n) is 10.3. The third kappa shape index (κ3) is 3.02. The minimum atomic E-state index is -0.555. The van der Waals surface area contributed by atoms with Gasteiger partial charge in [-0.1, -0.05) is 0 Å². The van der Waals surface area contributed by atoms with E-state index >= 15 is 0 Å². The molecule has 0 saturated carbocycles. The van der Waals surface area contributed by atoms with Crippen molar-refractivity contribution in [2.75, 3.05) is 12.4 Å². The van der Waals surface area contributed by atoms with Crippen LogP contribution in [0.5, 0.6) is 5.75 Å². The standard InChI is InChI=1S/C12H9BrFN3O3/c1-20-11-5-8(2-3-9(11)14)16-12-10(17(18)19)4-7(13)6-15-12/h2-6H,1H3,(H,15,16). The highest BCUT2D eigenvalue weighted by atomic mass is 79.9. The Kier molecular flexibility index (Phi) is 4.14. The van der Waals surface area contributed by atoms with E-state index in [9.17, 15) is 14.5 Å². The summed E-state index contributed by atoms with van der Waals surface area (Å²) in [7, 11) is 1.34. The molecule has 0 spiro atoms. The van der Waals surface area contributed by atoms with Gasteiger partial charge in [0.25, 0.3) is 0 Å². The fraction of sp³-hybridized carbons (Fsp3) is 0.0833. The Balaban J connectivity index is 2.37. The van der Waals surface area contributed by atoms with Crippen LogP contribution in [-0.4, -0.2) is 17.0 Å². The molecule has 0 amide bonds. The number of anilines is 2. The van der Waals surface area contributed by atoms with E-state index in [0.717, 1.165) is 0 Å². The number of aromatic nitrogens is 1. The minimum absolute atomic E-state index is 0.0368. The van der Waals surface area contributed by atoms with Crippen LogP contribution in [0.15, 0.2) is 34.9 Å². The van der Waals surface area contributed by atoms with Gasteiger partial charge in [-0.05, 0) is 28.1 Å². The number of nitrogens with zero attached hydrogens (tertiary/aromatic N) is 2. The molecule has 0 aliphatic heterocycles. The second-order valence-electron chi connectivity index (χ2n) is 3.75. The van der Waals surface area contributed by atoms with Gasteiger partial charge >= 0.3 is 5.69 Å². The number of methoxy groups -OCH3 is 1. The molecule has 6 nitrogen and oxygen atoms in total. The monoisotopic (exact) mass is 341 g/mol. The molecular weight excluding hydrogens is 333 g/mol. The van der Waals surface area contributed by atoms with E-state index in [-0.39, 0.29) is 17.3 Å². The van der Waals surface area contributed by atoms with E-state index in [0.29, 0.717) is 10.2 Å². The van der Waals surface area contributed by atoms with E-state index in [1.165, 1.54) is 37.6 Å². The molecule has 0 aliphatic rings. The number of pyridine rings is 1. The second-order valence-corrected chi connectivity index (χ2v) is 4.67. The zero-order chi connectivity index (χ0) is 14.7. The van der Waals surface area contributed by atoms with Crippen LogP contribution < -0.4 is 10.1 Å². The molecule has 1 heterocycles. The summed E-state index contributed by atoms with van der Waals surface area (Å²) in [6, 6.07) is 5.36. The first-order valence-corrected chi connectivity index (χ1v) is 6.21. The predicted octanol–water partition coefficient (Wildman–Crippen LogP) is 3.64. The number of rotatable bonds is 4. The van der Waals surface area contributed by atoms with Gasteiger partial charge < -0.3 is 10.1 Å². The van der Waals surface area contributed by atoms with Crippen LogP contribution in [0.25, 0.3) is 0 Å². The van der Waals surface area contributed by atoms with Gasteiger partial charge in [-0.15, -0.1) is 0 Å². The van der Waals surface area contributed by atoms with E-state index < -0.39 is 10.7 Å². The van der Waals surface area contributed by atoms with Crippen molar-refractivity contribution in [2.45, 2.75) is 0 Å². The van der Waals surface area contributed by atoms with E-state index in [1.54, 1.807) is 0 Å². The fourth-order valence-corrected chi connectivity index (χ4v) is 1.86. The van der Waals surface area contributed by atoms with Gasteiger partial charge in [-0.2, -0.15) is 0 Å². The van der Waals surface area contributed by atoms with E-state index in [1.807, 2.05) is 0 Å². The van der Waals surface area contributed by atoms with Gasteiger partial charge in [0.2, 0.25) is 5.82 Å². The summed E-state index contributed by atoms with van der Waals surface area (Å²) in [6.45, 7) is 0. The van der Waals surface area contributed by atoms with Crippen LogP contribution in [0.2, 0.25) is 0 Å². The largest absolute Gasteiger partial charge is 0.494 e. The van der Waals surface area contributed by atoms with Crippen molar-refractivity contribution in [1.29, 1.82) is 0 Å². The van der Waals surface area contributed by atoms with E-state index in [4.69, 9.17) is 4.74 Å². The van der Waals surface area contributed by atoms with Crippen LogP contribution in [0.1, 0.15) is 0 Å². The van der Waals surface area contributed by atoms with Gasteiger partial charge in [0.05, 0.1) is 12.0 Å². The summed E-state index contributed by atoms with van der Waals surface area (Å²) < 4.78 is 18.6. The maximum atomic E-state index is 13.3. The fourth-order valence-electron chi connectivity index (χ4n) is 1.54. The molecule has 1 aromatic carbocycles. The summed E-state index contributed by atoms with van der Waals surface area (Å²) in [5.41, 5.74) is 0.240. The van der Waals surface area contributed by atoms with Gasteiger partial charge in [-0.25, -0.2) is 9.37 Å². The van der Waals surface area contributed by atoms with Gasteiger partial charge in [-0.3, -0.25) is 10.1 Å². The number of nitro groups is 1. The molecular formula is C12H9BrFN3O3. The summed E-state index contributed by atoms with van der Waals surface area (Å²) in [4.78, 5) is 14.3. The Morgan fingerprint density at radius 3 is 2.85 bits per heavy atom. The number of hydrogen-bond acceptors (Lipinski definition) is 5. The van der Waals surface area contributed by atoms with Crippen molar-refractivity contribution in [3.8, 4) is 5.75 Å². The molecule has 2 aromatic rings. The van der Waals surface area contributed by atoms with Crippen LogP contribution in [0, 0.1) is 15.9 Å². The lowest BCUT2D eigenvalue weighted by Gasteiger charge is -2.08. The van der Waals surface area contributed by atoms with Crippen molar-refractivity contribution in [3.05, 3.63) is 50.9 Å². The first-order valence-electron chi connectivity index (χ1n) is 5.41. The third-order valence-electron chi connectivity index (χ3n) is 2.44. The van der Waals surface area contributed by atoms with Gasteiger partial charge in [0.1, 0.15) is 0 Å². The summed E-state index contributed by atoms with van der Waals surface area (Å²) in [5.74, 6) is -0.419. The first kappa shape index (κ1) is 14.2. The highest BCUT2D eigenvalue weighted by Crippen LogP contribution is 2.29. The molecule has 0 radical (unpaired) electrons. The average Bonchev–Trinajstić information content (AvgIpc) is 2.42. The van der Waals surface area contributed by atoms with Crippen LogP contribution in [0.3, 0.4) is 0 Å². The predicted molar refractivity (Wildman–Crippen MR) is 74.8 cm³/mol. The Bertz CT molecular complexity index is 666. The Labute approximate surface area is 121 Å². The summed E-state index contributed by atoms with van der Waals surface area (Å²) in [5, 5.41) is 13.7. The zero-order valence-corrected chi connectivity index (χ0v) is 11.8. The molecule has 0 bridgehead atoms. The second kappa shape index (κ2) is 5.83. The molecule has 2 rings (SSSR count). The first-order chi connectivity index (χ1) is 9.51. The molecule has 0 atom stereocenters. The molecule has 0 aliphatic carbocycles. The summed E-state index contributed by atoms with van der Waals surface area (Å²) >= 11 is 3.12. The van der Waals surface area contributed by atoms with Gasteiger partial charge in [0, 0.05) is 28.5 Å². The molecule has 104 valence electrons. The number of halogens is 2.